The van der Waals surface area contributed by atoms with E-state index in [9.17, 15) is 5.11 Å². The van der Waals surface area contributed by atoms with Crippen LogP contribution in [-0.4, -0.2) is 10.6 Å². The quantitative estimate of drug-likeness (QED) is 0.731. The number of aliphatic hydroxyl groups is 1. The van der Waals surface area contributed by atoms with Crippen molar-refractivity contribution in [2.75, 3.05) is 0 Å². The van der Waals surface area contributed by atoms with Gasteiger partial charge in [-0.3, -0.25) is 0 Å². The molecule has 4 heteroatoms. The first-order valence-electron chi connectivity index (χ1n) is 6.74. The fraction of sp³-hybridized carbons (Fsp3) is 0.294. The molecule has 1 atom stereocenters. The summed E-state index contributed by atoms with van der Waals surface area (Å²) in [6.45, 7) is 3.83. The number of hydrogen-bond donors (Lipinski definition) is 2. The molecule has 2 nitrogen and oxygen atoms in total. The van der Waals surface area contributed by atoms with Crippen LogP contribution in [0.15, 0.2) is 48.5 Å². The van der Waals surface area contributed by atoms with Gasteiger partial charge in [-0.2, -0.15) is 0 Å². The van der Waals surface area contributed by atoms with Crippen molar-refractivity contribution in [2.45, 2.75) is 31.4 Å². The van der Waals surface area contributed by atoms with Gasteiger partial charge in [0.1, 0.15) is 5.60 Å². The third kappa shape index (κ3) is 4.19. The Balaban J connectivity index is 2.53. The molecular weight excluding hydrogens is 397 g/mol. The lowest BCUT2D eigenvalue weighted by Gasteiger charge is -2.35. The fourth-order valence-electron chi connectivity index (χ4n) is 2.48. The summed E-state index contributed by atoms with van der Waals surface area (Å²) >= 11 is 8.20. The van der Waals surface area contributed by atoms with E-state index in [4.69, 9.17) is 17.3 Å². The zero-order chi connectivity index (χ0) is 15.7. The lowest BCUT2D eigenvalue weighted by Crippen LogP contribution is -2.42. The SMILES string of the molecule is CC(C)(N)CC(O)(c1ccc(Cl)cc1)c1ccc(I)cc1. The first-order valence-corrected chi connectivity index (χ1v) is 8.20. The number of nitrogens with two attached hydrogens (primary N) is 1. The smallest absolute Gasteiger partial charge is 0.116 e. The van der Waals surface area contributed by atoms with Crippen molar-refractivity contribution in [1.29, 1.82) is 0 Å². The Morgan fingerprint density at radius 3 is 1.86 bits per heavy atom. The highest BCUT2D eigenvalue weighted by Crippen LogP contribution is 2.37. The molecule has 0 aliphatic rings. The topological polar surface area (TPSA) is 46.2 Å². The summed E-state index contributed by atoms with van der Waals surface area (Å²) in [6, 6.07) is 15.2. The molecule has 0 spiro atoms. The molecule has 0 heterocycles. The molecule has 0 bridgehead atoms. The number of rotatable bonds is 4. The summed E-state index contributed by atoms with van der Waals surface area (Å²) < 4.78 is 1.13. The number of hydrogen-bond acceptors (Lipinski definition) is 2. The van der Waals surface area contributed by atoms with Crippen molar-refractivity contribution in [3.8, 4) is 0 Å². The average Bonchev–Trinajstić information content (AvgIpc) is 2.38. The van der Waals surface area contributed by atoms with Gasteiger partial charge >= 0.3 is 0 Å². The van der Waals surface area contributed by atoms with Gasteiger partial charge in [-0.05, 0) is 71.8 Å². The second-order valence-electron chi connectivity index (χ2n) is 6.04. The lowest BCUT2D eigenvalue weighted by atomic mass is 9.78. The summed E-state index contributed by atoms with van der Waals surface area (Å²) in [5, 5.41) is 12.0. The summed E-state index contributed by atoms with van der Waals surface area (Å²) in [5.74, 6) is 0. The molecule has 2 aromatic rings. The molecular formula is C17H19ClINO. The fourth-order valence-corrected chi connectivity index (χ4v) is 2.97. The highest BCUT2D eigenvalue weighted by Gasteiger charge is 2.36. The van der Waals surface area contributed by atoms with Crippen LogP contribution < -0.4 is 5.73 Å². The molecule has 112 valence electrons. The van der Waals surface area contributed by atoms with Gasteiger partial charge in [-0.1, -0.05) is 35.9 Å². The molecule has 0 fully saturated rings. The lowest BCUT2D eigenvalue weighted by molar-refractivity contribution is 0.0512. The van der Waals surface area contributed by atoms with Crippen LogP contribution in [-0.2, 0) is 5.60 Å². The second kappa shape index (κ2) is 6.24. The number of benzene rings is 2. The zero-order valence-electron chi connectivity index (χ0n) is 12.1. The minimum Gasteiger partial charge on any atom is -0.380 e. The van der Waals surface area contributed by atoms with E-state index in [-0.39, 0.29) is 0 Å². The molecule has 0 amide bonds. The van der Waals surface area contributed by atoms with E-state index in [0.717, 1.165) is 14.7 Å². The first kappa shape index (κ1) is 16.7. The van der Waals surface area contributed by atoms with Gasteiger partial charge in [-0.25, -0.2) is 0 Å². The Morgan fingerprint density at radius 1 is 1.00 bits per heavy atom. The van der Waals surface area contributed by atoms with E-state index in [2.05, 4.69) is 22.6 Å². The Bertz CT molecular complexity index is 557. The summed E-state index contributed by atoms with van der Waals surface area (Å²) in [7, 11) is 0. The summed E-state index contributed by atoms with van der Waals surface area (Å²) in [4.78, 5) is 0. The highest BCUT2D eigenvalue weighted by atomic mass is 127. The predicted octanol–water partition coefficient (Wildman–Crippen LogP) is 4.31. The van der Waals surface area contributed by atoms with Gasteiger partial charge in [0.2, 0.25) is 0 Å². The Labute approximate surface area is 144 Å². The van der Waals surface area contributed by atoms with Crippen molar-refractivity contribution in [2.24, 2.45) is 5.73 Å². The maximum Gasteiger partial charge on any atom is 0.116 e. The monoisotopic (exact) mass is 415 g/mol. The minimum atomic E-state index is -1.13. The van der Waals surface area contributed by atoms with Gasteiger partial charge in [0.15, 0.2) is 0 Å². The molecule has 0 saturated heterocycles. The molecule has 2 rings (SSSR count). The van der Waals surface area contributed by atoms with Gasteiger partial charge in [0.25, 0.3) is 0 Å². The van der Waals surface area contributed by atoms with Gasteiger partial charge in [-0.15, -0.1) is 0 Å². The van der Waals surface area contributed by atoms with Gasteiger partial charge in [0.05, 0.1) is 0 Å². The van der Waals surface area contributed by atoms with Crippen LogP contribution in [0.4, 0.5) is 0 Å². The average molecular weight is 416 g/mol. The van der Waals surface area contributed by atoms with Crippen LogP contribution in [0.5, 0.6) is 0 Å². The summed E-state index contributed by atoms with van der Waals surface area (Å²) in [6.07, 6.45) is 0.419. The summed E-state index contributed by atoms with van der Waals surface area (Å²) in [5.41, 5.74) is 6.17. The van der Waals surface area contributed by atoms with Crippen LogP contribution in [0.1, 0.15) is 31.4 Å². The van der Waals surface area contributed by atoms with Crippen molar-refractivity contribution >= 4 is 34.2 Å². The third-order valence-electron chi connectivity index (χ3n) is 3.36. The minimum absolute atomic E-state index is 0.419. The van der Waals surface area contributed by atoms with Gasteiger partial charge < -0.3 is 10.8 Å². The van der Waals surface area contributed by atoms with E-state index < -0.39 is 11.1 Å². The van der Waals surface area contributed by atoms with Crippen molar-refractivity contribution in [3.63, 3.8) is 0 Å². The van der Waals surface area contributed by atoms with Gasteiger partial charge in [0, 0.05) is 20.6 Å². The van der Waals surface area contributed by atoms with Crippen molar-refractivity contribution in [1.82, 2.24) is 0 Å². The molecule has 0 aromatic heterocycles. The van der Waals surface area contributed by atoms with Crippen LogP contribution in [0, 0.1) is 3.57 Å². The van der Waals surface area contributed by atoms with E-state index in [0.29, 0.717) is 11.4 Å². The maximum atomic E-state index is 11.3. The highest BCUT2D eigenvalue weighted by molar-refractivity contribution is 14.1. The molecule has 0 saturated carbocycles. The van der Waals surface area contributed by atoms with Crippen LogP contribution >= 0.6 is 34.2 Å². The third-order valence-corrected chi connectivity index (χ3v) is 4.33. The van der Waals surface area contributed by atoms with E-state index in [1.165, 1.54) is 0 Å². The van der Waals surface area contributed by atoms with Crippen molar-refractivity contribution in [3.05, 3.63) is 68.3 Å². The van der Waals surface area contributed by atoms with Crippen LogP contribution in [0.2, 0.25) is 5.02 Å². The second-order valence-corrected chi connectivity index (χ2v) is 7.72. The Morgan fingerprint density at radius 2 is 1.43 bits per heavy atom. The normalized spacial score (nSPS) is 14.8. The predicted molar refractivity (Wildman–Crippen MR) is 96.5 cm³/mol. The maximum absolute atomic E-state index is 11.3. The first-order chi connectivity index (χ1) is 9.71. The van der Waals surface area contributed by atoms with Crippen LogP contribution in [0.25, 0.3) is 0 Å². The molecule has 0 aliphatic heterocycles. The zero-order valence-corrected chi connectivity index (χ0v) is 15.0. The van der Waals surface area contributed by atoms with Crippen LogP contribution in [0.3, 0.4) is 0 Å². The molecule has 3 N–H and O–H groups in total. The van der Waals surface area contributed by atoms with Crippen molar-refractivity contribution < 1.29 is 5.11 Å². The standard InChI is InChI=1S/C17H19ClINO/c1-16(2,20)11-17(21,12-3-7-14(18)8-4-12)13-5-9-15(19)10-6-13/h3-10,21H,11,20H2,1-2H3. The number of halogens is 2. The van der Waals surface area contributed by atoms with E-state index in [1.807, 2.05) is 50.2 Å². The molecule has 21 heavy (non-hydrogen) atoms. The molecule has 1 unspecified atom stereocenters. The Hall–Kier alpha value is -0.620. The van der Waals surface area contributed by atoms with E-state index in [1.54, 1.807) is 12.1 Å². The largest absolute Gasteiger partial charge is 0.380 e. The molecule has 0 radical (unpaired) electrons. The molecule has 0 aliphatic carbocycles. The molecule has 2 aromatic carbocycles. The Kier molecular flexibility index (Phi) is 4.98. The van der Waals surface area contributed by atoms with E-state index >= 15 is 0 Å².